The van der Waals surface area contributed by atoms with Crippen LogP contribution in [0.15, 0.2) is 24.3 Å². The van der Waals surface area contributed by atoms with Gasteiger partial charge in [0, 0.05) is 30.1 Å². The normalized spacial score (nSPS) is 11.2. The Morgan fingerprint density at radius 2 is 1.88 bits per heavy atom. The summed E-state index contributed by atoms with van der Waals surface area (Å²) in [6.45, 7) is 6.18. The van der Waals surface area contributed by atoms with E-state index < -0.39 is 0 Å². The molecule has 3 heteroatoms. The van der Waals surface area contributed by atoms with Gasteiger partial charge in [-0.05, 0) is 37.2 Å². The van der Waals surface area contributed by atoms with Crippen molar-refractivity contribution in [2.24, 2.45) is 5.92 Å². The van der Waals surface area contributed by atoms with Gasteiger partial charge in [0.2, 0.25) is 0 Å². The number of nitrogens with zero attached hydrogens (tertiary/aromatic N) is 1. The molecule has 2 nitrogen and oxygen atoms in total. The Morgan fingerprint density at radius 3 is 2.41 bits per heavy atom. The minimum Gasteiger partial charge on any atom is -0.306 e. The van der Waals surface area contributed by atoms with E-state index in [2.05, 4.69) is 25.8 Å². The van der Waals surface area contributed by atoms with E-state index in [1.807, 2.05) is 0 Å². The Kier molecular flexibility index (Phi) is 5.66. The lowest BCUT2D eigenvalue weighted by Crippen LogP contribution is -2.25. The molecule has 0 amide bonds. The first kappa shape index (κ1) is 14.2. The average Bonchev–Trinajstić information content (AvgIpc) is 2.26. The molecular formula is C14H20ClNO. The molecule has 0 aliphatic carbocycles. The molecule has 94 valence electrons. The Labute approximate surface area is 109 Å². The molecule has 0 N–H and O–H groups in total. The van der Waals surface area contributed by atoms with E-state index >= 15 is 0 Å². The average molecular weight is 254 g/mol. The Morgan fingerprint density at radius 1 is 1.29 bits per heavy atom. The van der Waals surface area contributed by atoms with Gasteiger partial charge in [-0.25, -0.2) is 0 Å². The van der Waals surface area contributed by atoms with E-state index in [9.17, 15) is 4.79 Å². The number of hydrogen-bond donors (Lipinski definition) is 0. The number of benzene rings is 1. The van der Waals surface area contributed by atoms with Crippen molar-refractivity contribution in [3.8, 4) is 0 Å². The molecule has 0 saturated carbocycles. The standard InChI is InChI=1S/C14H20ClNO/c1-11(2)10-16(3)9-8-14(17)12-4-6-13(15)7-5-12/h4-7,11H,8-10H2,1-3H3. The number of halogens is 1. The van der Waals surface area contributed by atoms with E-state index in [4.69, 9.17) is 11.6 Å². The smallest absolute Gasteiger partial charge is 0.164 e. The third-order valence-corrected chi connectivity index (χ3v) is 2.82. The Balaban J connectivity index is 2.42. The third kappa shape index (κ3) is 5.33. The second-order valence-corrected chi connectivity index (χ2v) is 5.27. The number of Topliss-reactive ketones (excluding diaryl/α,β-unsaturated/α-hetero) is 1. The maximum atomic E-state index is 11.9. The lowest BCUT2D eigenvalue weighted by molar-refractivity contribution is 0.0967. The summed E-state index contributed by atoms with van der Waals surface area (Å²) < 4.78 is 0. The minimum atomic E-state index is 0.178. The highest BCUT2D eigenvalue weighted by atomic mass is 35.5. The number of hydrogen-bond acceptors (Lipinski definition) is 2. The van der Waals surface area contributed by atoms with Crippen LogP contribution in [0, 0.1) is 5.92 Å². The first-order chi connectivity index (χ1) is 7.99. The number of carbonyl (C=O) groups excluding carboxylic acids is 1. The highest BCUT2D eigenvalue weighted by molar-refractivity contribution is 6.30. The van der Waals surface area contributed by atoms with Crippen LogP contribution in [-0.4, -0.2) is 30.8 Å². The SMILES string of the molecule is CC(C)CN(C)CCC(=O)c1ccc(Cl)cc1. The summed E-state index contributed by atoms with van der Waals surface area (Å²) in [5.41, 5.74) is 0.743. The first-order valence-electron chi connectivity index (χ1n) is 5.96. The molecule has 0 atom stereocenters. The van der Waals surface area contributed by atoms with Crippen LogP contribution in [0.2, 0.25) is 5.02 Å². The summed E-state index contributed by atoms with van der Waals surface area (Å²) >= 11 is 5.78. The van der Waals surface area contributed by atoms with Crippen molar-refractivity contribution in [1.29, 1.82) is 0 Å². The molecule has 0 aliphatic rings. The highest BCUT2D eigenvalue weighted by Gasteiger charge is 2.08. The van der Waals surface area contributed by atoms with E-state index in [0.717, 1.165) is 18.7 Å². The van der Waals surface area contributed by atoms with E-state index in [1.54, 1.807) is 24.3 Å². The van der Waals surface area contributed by atoms with Crippen molar-refractivity contribution < 1.29 is 4.79 Å². The fraction of sp³-hybridized carbons (Fsp3) is 0.500. The van der Waals surface area contributed by atoms with Gasteiger partial charge >= 0.3 is 0 Å². The lowest BCUT2D eigenvalue weighted by atomic mass is 10.1. The fourth-order valence-corrected chi connectivity index (χ4v) is 1.91. The van der Waals surface area contributed by atoms with Crippen LogP contribution in [0.1, 0.15) is 30.6 Å². The van der Waals surface area contributed by atoms with E-state index in [1.165, 1.54) is 0 Å². The molecule has 0 heterocycles. The zero-order valence-corrected chi connectivity index (χ0v) is 11.5. The van der Waals surface area contributed by atoms with E-state index in [-0.39, 0.29) is 5.78 Å². The summed E-state index contributed by atoms with van der Waals surface area (Å²) in [6.07, 6.45) is 0.560. The Bertz CT molecular complexity index is 359. The highest BCUT2D eigenvalue weighted by Crippen LogP contribution is 2.11. The summed E-state index contributed by atoms with van der Waals surface area (Å²) in [7, 11) is 2.05. The molecule has 1 aromatic rings. The maximum Gasteiger partial charge on any atom is 0.164 e. The minimum absolute atomic E-state index is 0.178. The molecule has 0 bridgehead atoms. The van der Waals surface area contributed by atoms with Gasteiger partial charge in [0.05, 0.1) is 0 Å². The summed E-state index contributed by atoms with van der Waals surface area (Å²) in [5, 5.41) is 0.665. The second-order valence-electron chi connectivity index (χ2n) is 4.84. The monoisotopic (exact) mass is 253 g/mol. The molecule has 0 fully saturated rings. The van der Waals surface area contributed by atoms with Gasteiger partial charge < -0.3 is 4.90 Å². The molecule has 1 rings (SSSR count). The topological polar surface area (TPSA) is 20.3 Å². The van der Waals surface area contributed by atoms with Gasteiger partial charge in [0.25, 0.3) is 0 Å². The quantitative estimate of drug-likeness (QED) is 0.724. The largest absolute Gasteiger partial charge is 0.306 e. The molecule has 0 saturated heterocycles. The first-order valence-corrected chi connectivity index (χ1v) is 6.34. The lowest BCUT2D eigenvalue weighted by Gasteiger charge is -2.18. The summed E-state index contributed by atoms with van der Waals surface area (Å²) in [6, 6.07) is 7.08. The van der Waals surface area contributed by atoms with Crippen LogP contribution in [0.4, 0.5) is 0 Å². The predicted molar refractivity (Wildman–Crippen MR) is 72.7 cm³/mol. The molecule has 17 heavy (non-hydrogen) atoms. The second kappa shape index (κ2) is 6.77. The number of carbonyl (C=O) groups is 1. The van der Waals surface area contributed by atoms with Gasteiger partial charge in [0.1, 0.15) is 0 Å². The molecule has 0 unspecified atom stereocenters. The summed E-state index contributed by atoms with van der Waals surface area (Å²) in [4.78, 5) is 14.1. The van der Waals surface area contributed by atoms with Crippen molar-refractivity contribution in [3.05, 3.63) is 34.9 Å². The fourth-order valence-electron chi connectivity index (χ4n) is 1.79. The van der Waals surface area contributed by atoms with Crippen LogP contribution < -0.4 is 0 Å². The number of ketones is 1. The van der Waals surface area contributed by atoms with Crippen molar-refractivity contribution >= 4 is 17.4 Å². The van der Waals surface area contributed by atoms with Crippen LogP contribution in [0.3, 0.4) is 0 Å². The molecule has 0 aliphatic heterocycles. The zero-order valence-electron chi connectivity index (χ0n) is 10.7. The summed E-state index contributed by atoms with van der Waals surface area (Å²) in [5.74, 6) is 0.808. The molecular weight excluding hydrogens is 234 g/mol. The molecule has 1 aromatic carbocycles. The van der Waals surface area contributed by atoms with Crippen LogP contribution in [0.5, 0.6) is 0 Å². The van der Waals surface area contributed by atoms with Gasteiger partial charge in [-0.15, -0.1) is 0 Å². The van der Waals surface area contributed by atoms with Gasteiger partial charge in [-0.1, -0.05) is 25.4 Å². The van der Waals surface area contributed by atoms with Crippen LogP contribution in [0.25, 0.3) is 0 Å². The molecule has 0 aromatic heterocycles. The zero-order chi connectivity index (χ0) is 12.8. The van der Waals surface area contributed by atoms with Crippen molar-refractivity contribution in [2.75, 3.05) is 20.1 Å². The number of rotatable bonds is 6. The van der Waals surface area contributed by atoms with Gasteiger partial charge in [-0.3, -0.25) is 4.79 Å². The van der Waals surface area contributed by atoms with Crippen molar-refractivity contribution in [3.63, 3.8) is 0 Å². The predicted octanol–water partition coefficient (Wildman–Crippen LogP) is 3.50. The van der Waals surface area contributed by atoms with Crippen LogP contribution >= 0.6 is 11.6 Å². The van der Waals surface area contributed by atoms with E-state index in [0.29, 0.717) is 17.4 Å². The molecule has 0 radical (unpaired) electrons. The maximum absolute atomic E-state index is 11.9. The third-order valence-electron chi connectivity index (χ3n) is 2.56. The van der Waals surface area contributed by atoms with Crippen molar-refractivity contribution in [2.45, 2.75) is 20.3 Å². The molecule has 0 spiro atoms. The van der Waals surface area contributed by atoms with Crippen LogP contribution in [-0.2, 0) is 0 Å². The van der Waals surface area contributed by atoms with Gasteiger partial charge in [-0.2, -0.15) is 0 Å². The van der Waals surface area contributed by atoms with Gasteiger partial charge in [0.15, 0.2) is 5.78 Å². The Hall–Kier alpha value is -0.860. The van der Waals surface area contributed by atoms with Crippen molar-refractivity contribution in [1.82, 2.24) is 4.90 Å².